The van der Waals surface area contributed by atoms with E-state index in [1.165, 1.54) is 0 Å². The van der Waals surface area contributed by atoms with Crippen LogP contribution in [0.15, 0.2) is 30.3 Å². The molecule has 0 bridgehead atoms. The second-order valence-electron chi connectivity index (χ2n) is 4.66. The van der Waals surface area contributed by atoms with Crippen molar-refractivity contribution in [3.05, 3.63) is 30.3 Å². The molecule has 0 aromatic heterocycles. The quantitative estimate of drug-likeness (QED) is 0.569. The molecule has 0 saturated heterocycles. The van der Waals surface area contributed by atoms with E-state index in [1.807, 2.05) is 30.3 Å². The Hall–Kier alpha value is -1.06. The summed E-state index contributed by atoms with van der Waals surface area (Å²) < 4.78 is 5.15. The molecule has 0 fully saturated rings. The van der Waals surface area contributed by atoms with Gasteiger partial charge < -0.3 is 4.74 Å². The van der Waals surface area contributed by atoms with E-state index in [0.29, 0.717) is 6.61 Å². The molecule has 0 radical (unpaired) electrons. The fourth-order valence-corrected chi connectivity index (χ4v) is 1.43. The zero-order valence-corrected chi connectivity index (χ0v) is 10.3. The van der Waals surface area contributed by atoms with Gasteiger partial charge in [0.25, 0.3) is 0 Å². The lowest BCUT2D eigenvalue weighted by Crippen LogP contribution is -2.21. The van der Waals surface area contributed by atoms with E-state index in [4.69, 9.17) is 9.57 Å². The van der Waals surface area contributed by atoms with Crippen molar-refractivity contribution in [2.75, 3.05) is 25.8 Å². The van der Waals surface area contributed by atoms with E-state index in [9.17, 15) is 0 Å². The number of rotatable bonds is 7. The van der Waals surface area contributed by atoms with Crippen LogP contribution in [0.3, 0.4) is 0 Å². The van der Waals surface area contributed by atoms with Gasteiger partial charge in [0.05, 0.1) is 18.9 Å². The van der Waals surface area contributed by atoms with Gasteiger partial charge in [0.2, 0.25) is 0 Å². The largest absolute Gasteiger partial charge is 0.384 e. The Morgan fingerprint density at radius 3 is 2.50 bits per heavy atom. The highest BCUT2D eigenvalue weighted by molar-refractivity contribution is 5.39. The minimum absolute atomic E-state index is 0.160. The van der Waals surface area contributed by atoms with Gasteiger partial charge in [0.15, 0.2) is 0 Å². The van der Waals surface area contributed by atoms with Crippen LogP contribution in [0, 0.1) is 5.41 Å². The number of benzene rings is 1. The molecule has 0 aliphatic heterocycles. The van der Waals surface area contributed by atoms with Gasteiger partial charge in [-0.05, 0) is 24.0 Å². The van der Waals surface area contributed by atoms with Crippen LogP contribution in [-0.2, 0) is 9.57 Å². The summed E-state index contributed by atoms with van der Waals surface area (Å²) in [4.78, 5) is 5.40. The lowest BCUT2D eigenvalue weighted by Gasteiger charge is -2.23. The standard InChI is InChI=1S/C13H21NO2/c1-13(2,11-15-3)9-10-16-14-12-7-5-4-6-8-12/h4-8,14H,9-11H2,1-3H3. The first kappa shape index (κ1) is 13.0. The first-order valence-electron chi connectivity index (χ1n) is 5.56. The predicted molar refractivity (Wildman–Crippen MR) is 66.3 cm³/mol. The molecule has 1 rings (SSSR count). The summed E-state index contributed by atoms with van der Waals surface area (Å²) in [5.74, 6) is 0. The van der Waals surface area contributed by atoms with E-state index in [1.54, 1.807) is 7.11 Å². The topological polar surface area (TPSA) is 30.5 Å². The first-order valence-corrected chi connectivity index (χ1v) is 5.56. The summed E-state index contributed by atoms with van der Waals surface area (Å²) in [6.45, 7) is 5.76. The summed E-state index contributed by atoms with van der Waals surface area (Å²) >= 11 is 0. The fraction of sp³-hybridized carbons (Fsp3) is 0.538. The van der Waals surface area contributed by atoms with E-state index < -0.39 is 0 Å². The third-order valence-corrected chi connectivity index (χ3v) is 2.38. The Balaban J connectivity index is 2.17. The molecular formula is C13H21NO2. The van der Waals surface area contributed by atoms with Crippen LogP contribution in [0.4, 0.5) is 5.69 Å². The highest BCUT2D eigenvalue weighted by Gasteiger charge is 2.17. The molecule has 0 amide bonds. The number of nitrogens with one attached hydrogen (secondary N) is 1. The van der Waals surface area contributed by atoms with E-state index in [0.717, 1.165) is 18.7 Å². The normalized spacial score (nSPS) is 11.4. The molecule has 1 aromatic carbocycles. The van der Waals surface area contributed by atoms with Crippen molar-refractivity contribution in [3.63, 3.8) is 0 Å². The number of anilines is 1. The van der Waals surface area contributed by atoms with Gasteiger partial charge in [-0.15, -0.1) is 0 Å². The lowest BCUT2D eigenvalue weighted by atomic mass is 9.91. The van der Waals surface area contributed by atoms with Gasteiger partial charge in [0.1, 0.15) is 0 Å². The van der Waals surface area contributed by atoms with Crippen molar-refractivity contribution in [2.24, 2.45) is 5.41 Å². The SMILES string of the molecule is COCC(C)(C)CCONc1ccccc1. The molecule has 0 unspecified atom stereocenters. The number of hydrogen-bond acceptors (Lipinski definition) is 3. The van der Waals surface area contributed by atoms with Gasteiger partial charge in [-0.25, -0.2) is 0 Å². The Labute approximate surface area is 97.7 Å². The second-order valence-corrected chi connectivity index (χ2v) is 4.66. The van der Waals surface area contributed by atoms with Crippen LogP contribution in [-0.4, -0.2) is 20.3 Å². The molecule has 0 aliphatic rings. The smallest absolute Gasteiger partial charge is 0.0752 e. The summed E-state index contributed by atoms with van der Waals surface area (Å²) in [7, 11) is 1.73. The molecule has 0 heterocycles. The molecule has 1 N–H and O–H groups in total. The number of methoxy groups -OCH3 is 1. The molecule has 1 aromatic rings. The Morgan fingerprint density at radius 2 is 1.88 bits per heavy atom. The zero-order chi connectivity index (χ0) is 11.9. The van der Waals surface area contributed by atoms with Crippen LogP contribution in [0.2, 0.25) is 0 Å². The molecule has 0 spiro atoms. The molecule has 16 heavy (non-hydrogen) atoms. The molecule has 3 heteroatoms. The van der Waals surface area contributed by atoms with E-state index >= 15 is 0 Å². The predicted octanol–water partition coefficient (Wildman–Crippen LogP) is 3.09. The molecule has 0 saturated carbocycles. The maximum Gasteiger partial charge on any atom is 0.0752 e. The third-order valence-electron chi connectivity index (χ3n) is 2.38. The van der Waals surface area contributed by atoms with Crippen LogP contribution in [0.5, 0.6) is 0 Å². The van der Waals surface area contributed by atoms with Crippen molar-refractivity contribution in [3.8, 4) is 0 Å². The summed E-state index contributed by atoms with van der Waals surface area (Å²) in [6, 6.07) is 9.87. The van der Waals surface area contributed by atoms with Crippen molar-refractivity contribution >= 4 is 5.69 Å². The minimum Gasteiger partial charge on any atom is -0.384 e. The van der Waals surface area contributed by atoms with Gasteiger partial charge >= 0.3 is 0 Å². The third kappa shape index (κ3) is 5.14. The first-order chi connectivity index (χ1) is 7.64. The van der Waals surface area contributed by atoms with E-state index in [2.05, 4.69) is 19.3 Å². The average Bonchev–Trinajstić information content (AvgIpc) is 2.26. The van der Waals surface area contributed by atoms with Gasteiger partial charge in [-0.2, -0.15) is 0 Å². The highest BCUT2D eigenvalue weighted by Crippen LogP contribution is 2.20. The van der Waals surface area contributed by atoms with Crippen molar-refractivity contribution in [2.45, 2.75) is 20.3 Å². The Morgan fingerprint density at radius 1 is 1.19 bits per heavy atom. The summed E-state index contributed by atoms with van der Waals surface area (Å²) in [5.41, 5.74) is 4.06. The summed E-state index contributed by atoms with van der Waals surface area (Å²) in [6.07, 6.45) is 0.959. The fourth-order valence-electron chi connectivity index (χ4n) is 1.43. The van der Waals surface area contributed by atoms with E-state index in [-0.39, 0.29) is 5.41 Å². The van der Waals surface area contributed by atoms with Crippen LogP contribution in [0.1, 0.15) is 20.3 Å². The van der Waals surface area contributed by atoms with Crippen molar-refractivity contribution < 1.29 is 9.57 Å². The van der Waals surface area contributed by atoms with Crippen LogP contribution < -0.4 is 5.48 Å². The average molecular weight is 223 g/mol. The van der Waals surface area contributed by atoms with Crippen molar-refractivity contribution in [1.29, 1.82) is 0 Å². The number of para-hydroxylation sites is 1. The number of ether oxygens (including phenoxy) is 1. The van der Waals surface area contributed by atoms with Gasteiger partial charge in [-0.1, -0.05) is 32.0 Å². The van der Waals surface area contributed by atoms with Crippen LogP contribution >= 0.6 is 0 Å². The van der Waals surface area contributed by atoms with Crippen LogP contribution in [0.25, 0.3) is 0 Å². The molecule has 90 valence electrons. The molecule has 0 atom stereocenters. The molecule has 0 aliphatic carbocycles. The van der Waals surface area contributed by atoms with Crippen molar-refractivity contribution in [1.82, 2.24) is 0 Å². The maximum absolute atomic E-state index is 5.40. The molecular weight excluding hydrogens is 202 g/mol. The monoisotopic (exact) mass is 223 g/mol. The summed E-state index contributed by atoms with van der Waals surface area (Å²) in [5, 5.41) is 0. The Kier molecular flexibility index (Phi) is 5.29. The highest BCUT2D eigenvalue weighted by atomic mass is 16.6. The maximum atomic E-state index is 5.40. The van der Waals surface area contributed by atoms with Gasteiger partial charge in [0, 0.05) is 7.11 Å². The minimum atomic E-state index is 0.160. The zero-order valence-electron chi connectivity index (χ0n) is 10.3. The lowest BCUT2D eigenvalue weighted by molar-refractivity contribution is 0.0712. The van der Waals surface area contributed by atoms with Gasteiger partial charge in [-0.3, -0.25) is 10.3 Å². The second kappa shape index (κ2) is 6.51. The Bertz CT molecular complexity index is 285. The molecule has 3 nitrogen and oxygen atoms in total. The number of hydrogen-bond donors (Lipinski definition) is 1.